The zero-order valence-corrected chi connectivity index (χ0v) is 21.0. The molecule has 7 nitrogen and oxygen atoms in total. The van der Waals surface area contributed by atoms with Crippen molar-refractivity contribution in [2.75, 3.05) is 30.2 Å². The molecule has 0 aliphatic rings. The Hall–Kier alpha value is -2.39. The predicted molar refractivity (Wildman–Crippen MR) is 131 cm³/mol. The molecule has 0 heterocycles. The number of anilines is 1. The number of nitrogens with one attached hydrogen (secondary N) is 1. The summed E-state index contributed by atoms with van der Waals surface area (Å²) in [4.78, 5) is 27.6. The topological polar surface area (TPSA) is 86.8 Å². The lowest BCUT2D eigenvalue weighted by Gasteiger charge is -2.32. The number of hydrogen-bond donors (Lipinski definition) is 1. The third-order valence-corrected chi connectivity index (χ3v) is 6.68. The molecule has 0 saturated carbocycles. The molecule has 2 aromatic carbocycles. The van der Waals surface area contributed by atoms with Crippen LogP contribution in [0.15, 0.2) is 59.1 Å². The van der Waals surface area contributed by atoms with Crippen LogP contribution in [-0.2, 0) is 26.0 Å². The molecular formula is C23H30BrN3O4S. The largest absolute Gasteiger partial charge is 0.355 e. The van der Waals surface area contributed by atoms with Crippen LogP contribution in [0.2, 0.25) is 0 Å². The number of sulfonamides is 1. The van der Waals surface area contributed by atoms with Crippen molar-refractivity contribution in [3.8, 4) is 0 Å². The van der Waals surface area contributed by atoms with Crippen LogP contribution >= 0.6 is 15.9 Å². The second kappa shape index (κ2) is 12.0. The minimum Gasteiger partial charge on any atom is -0.355 e. The normalized spacial score (nSPS) is 12.1. The summed E-state index contributed by atoms with van der Waals surface area (Å²) in [5.41, 5.74) is 1.42. The van der Waals surface area contributed by atoms with Crippen LogP contribution in [-0.4, -0.2) is 57.1 Å². The minimum absolute atomic E-state index is 0.244. The van der Waals surface area contributed by atoms with Gasteiger partial charge in [-0.05, 0) is 49.6 Å². The number of carbonyl (C=O) groups is 2. The van der Waals surface area contributed by atoms with Gasteiger partial charge in [0.15, 0.2) is 0 Å². The molecule has 0 aliphatic carbocycles. The second-order valence-electron chi connectivity index (χ2n) is 7.39. The van der Waals surface area contributed by atoms with Crippen molar-refractivity contribution in [1.82, 2.24) is 10.2 Å². The Morgan fingerprint density at radius 1 is 1.03 bits per heavy atom. The van der Waals surface area contributed by atoms with Gasteiger partial charge in [-0.2, -0.15) is 0 Å². The molecule has 32 heavy (non-hydrogen) atoms. The van der Waals surface area contributed by atoms with Gasteiger partial charge >= 0.3 is 0 Å². The van der Waals surface area contributed by atoms with E-state index in [9.17, 15) is 18.0 Å². The molecule has 0 saturated heterocycles. The van der Waals surface area contributed by atoms with Crippen molar-refractivity contribution in [3.63, 3.8) is 0 Å². The van der Waals surface area contributed by atoms with Crippen LogP contribution < -0.4 is 9.62 Å². The smallest absolute Gasteiger partial charge is 0.244 e. The molecule has 1 atom stereocenters. The Morgan fingerprint density at radius 3 is 2.19 bits per heavy atom. The fraction of sp³-hybridized carbons (Fsp3) is 0.391. The van der Waals surface area contributed by atoms with E-state index in [0.717, 1.165) is 20.6 Å². The zero-order chi connectivity index (χ0) is 23.7. The van der Waals surface area contributed by atoms with Crippen LogP contribution in [0.4, 0.5) is 5.69 Å². The average Bonchev–Trinajstić information content (AvgIpc) is 2.75. The van der Waals surface area contributed by atoms with E-state index in [0.29, 0.717) is 31.6 Å². The van der Waals surface area contributed by atoms with E-state index in [1.54, 1.807) is 24.3 Å². The highest BCUT2D eigenvalue weighted by Gasteiger charge is 2.31. The van der Waals surface area contributed by atoms with E-state index in [1.165, 1.54) is 4.90 Å². The third-order valence-electron chi connectivity index (χ3n) is 5.01. The summed E-state index contributed by atoms with van der Waals surface area (Å²) >= 11 is 3.33. The van der Waals surface area contributed by atoms with Gasteiger partial charge in [-0.15, -0.1) is 0 Å². The molecule has 0 aliphatic heterocycles. The van der Waals surface area contributed by atoms with Gasteiger partial charge in [0.1, 0.15) is 12.6 Å². The molecule has 0 bridgehead atoms. The summed E-state index contributed by atoms with van der Waals surface area (Å²) in [6, 6.07) is 15.7. The predicted octanol–water partition coefficient (Wildman–Crippen LogP) is 3.20. The Balaban J connectivity index is 2.33. The van der Waals surface area contributed by atoms with Crippen molar-refractivity contribution in [1.29, 1.82) is 0 Å². The number of amides is 2. The van der Waals surface area contributed by atoms with Crippen molar-refractivity contribution in [2.24, 2.45) is 0 Å². The van der Waals surface area contributed by atoms with E-state index in [1.807, 2.05) is 44.2 Å². The molecule has 2 rings (SSSR count). The van der Waals surface area contributed by atoms with Gasteiger partial charge < -0.3 is 10.2 Å². The molecule has 2 aromatic rings. The van der Waals surface area contributed by atoms with E-state index < -0.39 is 22.0 Å². The SMILES string of the molecule is CCNC(=O)C(CC)N(CCc1ccccc1)C(=O)CN(c1ccc(Br)cc1)S(C)(=O)=O. The zero-order valence-electron chi connectivity index (χ0n) is 18.6. The molecule has 0 spiro atoms. The van der Waals surface area contributed by atoms with Crippen LogP contribution in [0.1, 0.15) is 25.8 Å². The molecule has 174 valence electrons. The third kappa shape index (κ3) is 7.34. The first-order valence-corrected chi connectivity index (χ1v) is 13.2. The van der Waals surface area contributed by atoms with E-state index in [4.69, 9.17) is 0 Å². The van der Waals surface area contributed by atoms with Crippen LogP contribution in [0.5, 0.6) is 0 Å². The average molecular weight is 524 g/mol. The first-order chi connectivity index (χ1) is 15.2. The highest BCUT2D eigenvalue weighted by atomic mass is 79.9. The van der Waals surface area contributed by atoms with Gasteiger partial charge in [0.05, 0.1) is 11.9 Å². The number of benzene rings is 2. The lowest BCUT2D eigenvalue weighted by molar-refractivity contribution is -0.139. The van der Waals surface area contributed by atoms with Crippen LogP contribution in [0.25, 0.3) is 0 Å². The molecule has 1 N–H and O–H groups in total. The Morgan fingerprint density at radius 2 is 1.66 bits per heavy atom. The fourth-order valence-electron chi connectivity index (χ4n) is 3.41. The second-order valence-corrected chi connectivity index (χ2v) is 10.2. The van der Waals surface area contributed by atoms with Gasteiger partial charge in [0.2, 0.25) is 21.8 Å². The van der Waals surface area contributed by atoms with Crippen molar-refractivity contribution >= 4 is 43.5 Å². The first-order valence-electron chi connectivity index (χ1n) is 10.5. The van der Waals surface area contributed by atoms with Crippen molar-refractivity contribution < 1.29 is 18.0 Å². The molecule has 1 unspecified atom stereocenters. The van der Waals surface area contributed by atoms with Crippen molar-refractivity contribution in [3.05, 3.63) is 64.6 Å². The lowest BCUT2D eigenvalue weighted by atomic mass is 10.1. The number of rotatable bonds is 11. The van der Waals surface area contributed by atoms with Gasteiger partial charge in [0.25, 0.3) is 0 Å². The van der Waals surface area contributed by atoms with Crippen molar-refractivity contribution in [2.45, 2.75) is 32.7 Å². The van der Waals surface area contributed by atoms with Crippen LogP contribution in [0.3, 0.4) is 0 Å². The minimum atomic E-state index is -3.72. The summed E-state index contributed by atoms with van der Waals surface area (Å²) in [5, 5.41) is 2.78. The lowest BCUT2D eigenvalue weighted by Crippen LogP contribution is -2.53. The van der Waals surface area contributed by atoms with Gasteiger partial charge in [-0.1, -0.05) is 53.2 Å². The summed E-state index contributed by atoms with van der Waals surface area (Å²) in [5.74, 6) is -0.668. The summed E-state index contributed by atoms with van der Waals surface area (Å²) in [6.45, 7) is 4.03. The Labute approximate surface area is 199 Å². The van der Waals surface area contributed by atoms with Gasteiger partial charge in [-0.25, -0.2) is 8.42 Å². The number of hydrogen-bond acceptors (Lipinski definition) is 4. The maximum atomic E-state index is 13.4. The first kappa shape index (κ1) is 25.9. The van der Waals surface area contributed by atoms with E-state index in [-0.39, 0.29) is 12.5 Å². The summed E-state index contributed by atoms with van der Waals surface area (Å²) in [7, 11) is -3.72. The molecule has 9 heteroatoms. The van der Waals surface area contributed by atoms with E-state index >= 15 is 0 Å². The number of halogens is 1. The van der Waals surface area contributed by atoms with Crippen LogP contribution in [0, 0.1) is 0 Å². The number of carbonyl (C=O) groups excluding carboxylic acids is 2. The number of likely N-dealkylation sites (N-methyl/N-ethyl adjacent to an activating group) is 1. The quantitative estimate of drug-likeness (QED) is 0.489. The molecule has 0 radical (unpaired) electrons. The monoisotopic (exact) mass is 523 g/mol. The molecule has 0 fully saturated rings. The molecular weight excluding hydrogens is 494 g/mol. The maximum absolute atomic E-state index is 13.4. The number of nitrogens with zero attached hydrogens (tertiary/aromatic N) is 2. The maximum Gasteiger partial charge on any atom is 0.244 e. The Kier molecular flexibility index (Phi) is 9.71. The standard InChI is InChI=1S/C23H30BrN3O4S/c1-4-21(23(29)25-5-2)26(16-15-18-9-7-6-8-10-18)22(28)17-27(32(3,30)31)20-13-11-19(24)12-14-20/h6-14,21H,4-5,15-17H2,1-3H3,(H,25,29). The van der Waals surface area contributed by atoms with E-state index in [2.05, 4.69) is 21.2 Å². The summed E-state index contributed by atoms with van der Waals surface area (Å²) in [6.07, 6.45) is 2.04. The fourth-order valence-corrected chi connectivity index (χ4v) is 4.52. The molecule has 0 aromatic heterocycles. The molecule has 2 amide bonds. The summed E-state index contributed by atoms with van der Waals surface area (Å²) < 4.78 is 26.9. The van der Waals surface area contributed by atoms with Gasteiger partial charge in [-0.3, -0.25) is 13.9 Å². The van der Waals surface area contributed by atoms with Gasteiger partial charge in [0, 0.05) is 17.6 Å². The highest BCUT2D eigenvalue weighted by molar-refractivity contribution is 9.10. The Bertz CT molecular complexity index is 998. The highest BCUT2D eigenvalue weighted by Crippen LogP contribution is 2.21.